The molecular formula is C15H20FN5. The third-order valence-electron chi connectivity index (χ3n) is 3.98. The van der Waals surface area contributed by atoms with Gasteiger partial charge in [-0.3, -0.25) is 9.88 Å². The van der Waals surface area contributed by atoms with E-state index in [1.54, 1.807) is 12.3 Å². The minimum Gasteiger partial charge on any atom is -0.347 e. The summed E-state index contributed by atoms with van der Waals surface area (Å²) in [5, 5.41) is 3.38. The fourth-order valence-corrected chi connectivity index (χ4v) is 2.77. The largest absolute Gasteiger partial charge is 0.347 e. The van der Waals surface area contributed by atoms with Crippen LogP contribution in [0.25, 0.3) is 0 Å². The molecule has 0 aromatic carbocycles. The van der Waals surface area contributed by atoms with Crippen LogP contribution < -0.4 is 5.32 Å². The molecule has 1 aromatic rings. The molecule has 0 bridgehead atoms. The van der Waals surface area contributed by atoms with Crippen molar-refractivity contribution in [1.82, 2.24) is 20.1 Å². The van der Waals surface area contributed by atoms with E-state index in [2.05, 4.69) is 27.0 Å². The molecule has 2 atom stereocenters. The van der Waals surface area contributed by atoms with Crippen molar-refractivity contribution < 1.29 is 4.39 Å². The number of piperazine rings is 1. The summed E-state index contributed by atoms with van der Waals surface area (Å²) in [7, 11) is 2.00. The maximum atomic E-state index is 13.9. The lowest BCUT2D eigenvalue weighted by Crippen LogP contribution is -2.57. The zero-order valence-electron chi connectivity index (χ0n) is 12.3. The van der Waals surface area contributed by atoms with Crippen molar-refractivity contribution in [1.29, 1.82) is 0 Å². The lowest BCUT2D eigenvalue weighted by atomic mass is 10.1. The van der Waals surface area contributed by atoms with Gasteiger partial charge in [0.25, 0.3) is 0 Å². The Kier molecular flexibility index (Phi) is 3.98. The summed E-state index contributed by atoms with van der Waals surface area (Å²) in [4.78, 5) is 12.9. The maximum absolute atomic E-state index is 13.9. The molecule has 0 aliphatic carbocycles. The highest BCUT2D eigenvalue weighted by Gasteiger charge is 2.29. The molecule has 2 aliphatic heterocycles. The van der Waals surface area contributed by atoms with Gasteiger partial charge in [-0.1, -0.05) is 0 Å². The van der Waals surface area contributed by atoms with Gasteiger partial charge in [0.2, 0.25) is 0 Å². The van der Waals surface area contributed by atoms with Crippen LogP contribution in [0, 0.1) is 5.82 Å². The lowest BCUT2D eigenvalue weighted by molar-refractivity contribution is 0.0470. The highest BCUT2D eigenvalue weighted by atomic mass is 19.1. The molecule has 3 rings (SSSR count). The molecule has 5 nitrogen and oxygen atoms in total. The van der Waals surface area contributed by atoms with Gasteiger partial charge in [0.15, 0.2) is 12.1 Å². The van der Waals surface area contributed by atoms with Crippen LogP contribution >= 0.6 is 0 Å². The number of hydrogen-bond acceptors (Lipinski definition) is 5. The molecule has 112 valence electrons. The number of hydrogen-bond donors (Lipinski definition) is 1. The summed E-state index contributed by atoms with van der Waals surface area (Å²) >= 11 is 0. The molecule has 1 saturated heterocycles. The molecule has 0 amide bonds. The number of rotatable bonds is 2. The monoisotopic (exact) mass is 289 g/mol. The van der Waals surface area contributed by atoms with Crippen molar-refractivity contribution in [2.24, 2.45) is 4.99 Å². The molecule has 0 spiro atoms. The number of nitrogens with zero attached hydrogens (tertiary/aromatic N) is 4. The molecule has 0 radical (unpaired) electrons. The normalized spacial score (nSPS) is 26.8. The summed E-state index contributed by atoms with van der Waals surface area (Å²) in [5.41, 5.74) is 1.17. The number of aliphatic imine (C=N–C) groups is 1. The first-order valence-corrected chi connectivity index (χ1v) is 7.21. The van der Waals surface area contributed by atoms with E-state index < -0.39 is 0 Å². The van der Waals surface area contributed by atoms with Gasteiger partial charge in [0, 0.05) is 50.7 Å². The molecule has 0 saturated carbocycles. The van der Waals surface area contributed by atoms with Gasteiger partial charge in [0.05, 0.1) is 11.9 Å². The van der Waals surface area contributed by atoms with E-state index in [0.717, 1.165) is 19.6 Å². The standard InChI is InChI=1S/C15H20FN5/c1-11-9-18-6-8-21(11)15-19-14(4-7-20(15)2)12-3-5-17-10-13(12)16/h3-5,7,10-11,15,18H,6,8-9H2,1-2H3/t11-,15?/m0/s1. The van der Waals surface area contributed by atoms with E-state index in [1.165, 1.54) is 6.20 Å². The van der Waals surface area contributed by atoms with E-state index in [0.29, 0.717) is 17.3 Å². The Hall–Kier alpha value is -1.79. The number of halogens is 1. The molecule has 6 heteroatoms. The van der Waals surface area contributed by atoms with Crippen molar-refractivity contribution in [2.45, 2.75) is 19.3 Å². The van der Waals surface area contributed by atoms with Crippen molar-refractivity contribution in [3.63, 3.8) is 0 Å². The van der Waals surface area contributed by atoms with Gasteiger partial charge in [0.1, 0.15) is 0 Å². The predicted molar refractivity (Wildman–Crippen MR) is 80.5 cm³/mol. The van der Waals surface area contributed by atoms with Crippen molar-refractivity contribution in [2.75, 3.05) is 26.7 Å². The average Bonchev–Trinajstić information content (AvgIpc) is 2.49. The molecule has 3 heterocycles. The van der Waals surface area contributed by atoms with Gasteiger partial charge in [-0.05, 0) is 19.1 Å². The third-order valence-corrected chi connectivity index (χ3v) is 3.98. The fourth-order valence-electron chi connectivity index (χ4n) is 2.77. The Morgan fingerprint density at radius 2 is 2.29 bits per heavy atom. The molecule has 21 heavy (non-hydrogen) atoms. The Balaban J connectivity index is 1.90. The highest BCUT2D eigenvalue weighted by Crippen LogP contribution is 2.19. The zero-order chi connectivity index (χ0) is 14.8. The number of aromatic nitrogens is 1. The van der Waals surface area contributed by atoms with Crippen LogP contribution in [0.4, 0.5) is 4.39 Å². The lowest BCUT2D eigenvalue weighted by Gasteiger charge is -2.42. The van der Waals surface area contributed by atoms with Crippen molar-refractivity contribution in [3.05, 3.63) is 42.1 Å². The van der Waals surface area contributed by atoms with Gasteiger partial charge in [-0.25, -0.2) is 9.38 Å². The summed E-state index contributed by atoms with van der Waals surface area (Å²) in [5.74, 6) is -0.336. The minimum atomic E-state index is -0.336. The Labute approximate surface area is 124 Å². The van der Waals surface area contributed by atoms with Gasteiger partial charge in [-0.15, -0.1) is 0 Å². The highest BCUT2D eigenvalue weighted by molar-refractivity contribution is 6.09. The van der Waals surface area contributed by atoms with Gasteiger partial charge < -0.3 is 10.2 Å². The molecule has 1 aromatic heterocycles. The second-order valence-corrected chi connectivity index (χ2v) is 5.49. The summed E-state index contributed by atoms with van der Waals surface area (Å²) < 4.78 is 13.9. The van der Waals surface area contributed by atoms with E-state index in [-0.39, 0.29) is 12.1 Å². The Morgan fingerprint density at radius 3 is 3.05 bits per heavy atom. The van der Waals surface area contributed by atoms with E-state index in [9.17, 15) is 4.39 Å². The number of pyridine rings is 1. The third kappa shape index (κ3) is 2.82. The quantitative estimate of drug-likeness (QED) is 0.884. The van der Waals surface area contributed by atoms with Gasteiger partial charge in [-0.2, -0.15) is 0 Å². The van der Waals surface area contributed by atoms with Crippen LogP contribution in [0.2, 0.25) is 0 Å². The second kappa shape index (κ2) is 5.91. The number of nitrogens with one attached hydrogen (secondary N) is 1. The molecule has 2 aliphatic rings. The summed E-state index contributed by atoms with van der Waals surface area (Å²) in [6.45, 7) is 5.01. The first-order chi connectivity index (χ1) is 10.2. The van der Waals surface area contributed by atoms with Crippen LogP contribution in [-0.2, 0) is 0 Å². The fraction of sp³-hybridized carbons (Fsp3) is 0.467. The average molecular weight is 289 g/mol. The Morgan fingerprint density at radius 1 is 1.43 bits per heavy atom. The number of allylic oxidation sites excluding steroid dienone is 1. The molecular weight excluding hydrogens is 269 g/mol. The summed E-state index contributed by atoms with van der Waals surface area (Å²) in [6.07, 6.45) is 6.54. The molecule has 1 N–H and O–H groups in total. The smallest absolute Gasteiger partial charge is 0.179 e. The van der Waals surface area contributed by atoms with Gasteiger partial charge >= 0.3 is 0 Å². The summed E-state index contributed by atoms with van der Waals surface area (Å²) in [6, 6.07) is 2.06. The van der Waals surface area contributed by atoms with E-state index in [4.69, 9.17) is 4.99 Å². The maximum Gasteiger partial charge on any atom is 0.179 e. The molecule has 1 unspecified atom stereocenters. The van der Waals surface area contributed by atoms with E-state index in [1.807, 2.05) is 19.3 Å². The first kappa shape index (κ1) is 14.2. The van der Waals surface area contributed by atoms with Crippen LogP contribution in [-0.4, -0.2) is 59.5 Å². The SMILES string of the molecule is C[C@H]1CNCCN1C1N=C(c2ccncc2F)C=CN1C. The topological polar surface area (TPSA) is 43.8 Å². The van der Waals surface area contributed by atoms with E-state index >= 15 is 0 Å². The first-order valence-electron chi connectivity index (χ1n) is 7.21. The Bertz CT molecular complexity index is 571. The molecule has 1 fully saturated rings. The van der Waals surface area contributed by atoms with Crippen LogP contribution in [0.3, 0.4) is 0 Å². The second-order valence-electron chi connectivity index (χ2n) is 5.49. The van der Waals surface area contributed by atoms with Crippen LogP contribution in [0.15, 0.2) is 35.7 Å². The van der Waals surface area contributed by atoms with Crippen molar-refractivity contribution >= 4 is 5.71 Å². The van der Waals surface area contributed by atoms with Crippen molar-refractivity contribution in [3.8, 4) is 0 Å². The minimum absolute atomic E-state index is 0.0883. The predicted octanol–water partition coefficient (Wildman–Crippen LogP) is 1.05. The van der Waals surface area contributed by atoms with Crippen LogP contribution in [0.1, 0.15) is 12.5 Å². The zero-order valence-corrected chi connectivity index (χ0v) is 12.3. The van der Waals surface area contributed by atoms with Crippen LogP contribution in [0.5, 0.6) is 0 Å².